The fraction of sp³-hybridized carbons (Fsp3) is 0.0909. The first-order valence-corrected chi connectivity index (χ1v) is 8.93. The van der Waals surface area contributed by atoms with Gasteiger partial charge in [-0.25, -0.2) is 4.98 Å². The van der Waals surface area contributed by atoms with Crippen molar-refractivity contribution in [2.45, 2.75) is 13.1 Å². The molecule has 0 aliphatic heterocycles. The predicted molar refractivity (Wildman–Crippen MR) is 107 cm³/mol. The number of aromatic nitrogens is 3. The predicted octanol–water partition coefficient (Wildman–Crippen LogP) is 2.77. The van der Waals surface area contributed by atoms with Crippen molar-refractivity contribution in [3.63, 3.8) is 0 Å². The molecule has 0 aliphatic rings. The van der Waals surface area contributed by atoms with Crippen LogP contribution in [0.15, 0.2) is 83.9 Å². The van der Waals surface area contributed by atoms with Gasteiger partial charge in [-0.2, -0.15) is 0 Å². The first-order chi connectivity index (χ1) is 13.7. The molecule has 0 aliphatic carbocycles. The lowest BCUT2D eigenvalue weighted by Gasteiger charge is -2.12. The fourth-order valence-electron chi connectivity index (χ4n) is 3.05. The van der Waals surface area contributed by atoms with E-state index in [0.29, 0.717) is 12.2 Å². The maximum absolute atomic E-state index is 13.1. The van der Waals surface area contributed by atoms with Crippen LogP contribution >= 0.6 is 0 Å². The lowest BCUT2D eigenvalue weighted by atomic mass is 10.1. The molecule has 4 aromatic rings. The summed E-state index contributed by atoms with van der Waals surface area (Å²) < 4.78 is 1.54. The highest BCUT2D eigenvalue weighted by molar-refractivity contribution is 5.96. The number of benzene rings is 1. The second kappa shape index (κ2) is 7.84. The van der Waals surface area contributed by atoms with Crippen LogP contribution in [0.4, 0.5) is 0 Å². The number of fused-ring (bicyclic) bond motifs is 1. The molecule has 3 aromatic heterocycles. The van der Waals surface area contributed by atoms with Gasteiger partial charge in [0.2, 0.25) is 0 Å². The second-order valence-corrected chi connectivity index (χ2v) is 6.35. The summed E-state index contributed by atoms with van der Waals surface area (Å²) in [4.78, 5) is 34.3. The van der Waals surface area contributed by atoms with Gasteiger partial charge in [0.25, 0.3) is 11.5 Å². The molecular weight excluding hydrogens is 352 g/mol. The summed E-state index contributed by atoms with van der Waals surface area (Å²) in [6, 6.07) is 20.3. The lowest BCUT2D eigenvalue weighted by molar-refractivity contribution is 0.0948. The summed E-state index contributed by atoms with van der Waals surface area (Å²) in [6.07, 6.45) is 3.31. The number of hydrogen-bond acceptors (Lipinski definition) is 4. The molecule has 0 unspecified atom stereocenters. The van der Waals surface area contributed by atoms with Crippen LogP contribution in [0.2, 0.25) is 0 Å². The van der Waals surface area contributed by atoms with E-state index >= 15 is 0 Å². The highest BCUT2D eigenvalue weighted by atomic mass is 16.2. The zero-order valence-electron chi connectivity index (χ0n) is 15.1. The van der Waals surface area contributed by atoms with E-state index < -0.39 is 5.91 Å². The summed E-state index contributed by atoms with van der Waals surface area (Å²) in [5, 5.41) is 3.51. The molecule has 3 heterocycles. The molecule has 1 N–H and O–H groups in total. The maximum atomic E-state index is 13.1. The number of hydrogen-bond donors (Lipinski definition) is 1. The molecule has 138 valence electrons. The van der Waals surface area contributed by atoms with Crippen molar-refractivity contribution in [1.82, 2.24) is 19.9 Å². The molecule has 0 atom stereocenters. The Bertz CT molecular complexity index is 1170. The maximum Gasteiger partial charge on any atom is 0.265 e. The Balaban J connectivity index is 1.71. The number of nitrogens with zero attached hydrogens (tertiary/aromatic N) is 3. The van der Waals surface area contributed by atoms with Crippen LogP contribution in [0.1, 0.15) is 21.6 Å². The third kappa shape index (κ3) is 3.66. The SMILES string of the molecule is O=C(NCc1ccccn1)c1cc2cccnc2n(Cc2ccccc2)c1=O. The Kier molecular flexibility index (Phi) is 4.93. The minimum absolute atomic E-state index is 0.0902. The van der Waals surface area contributed by atoms with Gasteiger partial charge in [-0.3, -0.25) is 19.1 Å². The highest BCUT2D eigenvalue weighted by Crippen LogP contribution is 2.13. The second-order valence-electron chi connectivity index (χ2n) is 6.35. The Morgan fingerprint density at radius 3 is 2.50 bits per heavy atom. The van der Waals surface area contributed by atoms with E-state index in [1.54, 1.807) is 29.1 Å². The van der Waals surface area contributed by atoms with Crippen LogP contribution in [0.25, 0.3) is 11.0 Å². The monoisotopic (exact) mass is 370 g/mol. The minimum Gasteiger partial charge on any atom is -0.346 e. The van der Waals surface area contributed by atoms with E-state index in [2.05, 4.69) is 15.3 Å². The lowest BCUT2D eigenvalue weighted by Crippen LogP contribution is -2.33. The Labute approximate surface area is 161 Å². The van der Waals surface area contributed by atoms with Crippen molar-refractivity contribution in [2.75, 3.05) is 0 Å². The summed E-state index contributed by atoms with van der Waals surface area (Å²) in [5.41, 5.74) is 1.96. The molecule has 0 saturated carbocycles. The van der Waals surface area contributed by atoms with Gasteiger partial charge in [0, 0.05) is 17.8 Å². The molecule has 6 heteroatoms. The topological polar surface area (TPSA) is 76.9 Å². The van der Waals surface area contributed by atoms with Crippen LogP contribution in [0.3, 0.4) is 0 Å². The van der Waals surface area contributed by atoms with E-state index in [1.165, 1.54) is 0 Å². The van der Waals surface area contributed by atoms with Gasteiger partial charge < -0.3 is 5.32 Å². The number of carbonyl (C=O) groups is 1. The average molecular weight is 370 g/mol. The first kappa shape index (κ1) is 17.6. The molecule has 28 heavy (non-hydrogen) atoms. The molecule has 0 radical (unpaired) electrons. The quantitative estimate of drug-likeness (QED) is 0.586. The van der Waals surface area contributed by atoms with Crippen molar-refractivity contribution in [1.29, 1.82) is 0 Å². The van der Waals surface area contributed by atoms with E-state index in [1.807, 2.05) is 54.6 Å². The zero-order valence-corrected chi connectivity index (χ0v) is 15.1. The number of rotatable bonds is 5. The molecule has 1 amide bonds. The molecule has 0 fully saturated rings. The molecular formula is C22H18N4O2. The van der Waals surface area contributed by atoms with Crippen molar-refractivity contribution in [3.05, 3.63) is 106 Å². The van der Waals surface area contributed by atoms with Crippen LogP contribution in [0.5, 0.6) is 0 Å². The van der Waals surface area contributed by atoms with E-state index in [0.717, 1.165) is 16.6 Å². The van der Waals surface area contributed by atoms with Crippen molar-refractivity contribution in [3.8, 4) is 0 Å². The standard InChI is InChI=1S/C22H18N4O2/c27-21(25-14-18-10-4-5-11-23-18)19-13-17-9-6-12-24-20(17)26(22(19)28)15-16-7-2-1-3-8-16/h1-13H,14-15H2,(H,25,27). The third-order valence-electron chi connectivity index (χ3n) is 4.43. The average Bonchev–Trinajstić information content (AvgIpc) is 2.75. The van der Waals surface area contributed by atoms with Gasteiger partial charge >= 0.3 is 0 Å². The number of pyridine rings is 3. The molecule has 6 nitrogen and oxygen atoms in total. The van der Waals surface area contributed by atoms with Gasteiger partial charge in [0.1, 0.15) is 11.2 Å². The molecule has 0 spiro atoms. The Morgan fingerprint density at radius 2 is 1.71 bits per heavy atom. The first-order valence-electron chi connectivity index (χ1n) is 8.93. The Morgan fingerprint density at radius 1 is 0.929 bits per heavy atom. The smallest absolute Gasteiger partial charge is 0.265 e. The Hall–Kier alpha value is -3.80. The van der Waals surface area contributed by atoms with Gasteiger partial charge in [-0.1, -0.05) is 36.4 Å². The van der Waals surface area contributed by atoms with Gasteiger partial charge in [0.05, 0.1) is 18.8 Å². The van der Waals surface area contributed by atoms with Crippen LogP contribution < -0.4 is 10.9 Å². The minimum atomic E-state index is -0.428. The molecule has 4 rings (SSSR count). The van der Waals surface area contributed by atoms with Crippen LogP contribution in [-0.4, -0.2) is 20.4 Å². The summed E-state index contributed by atoms with van der Waals surface area (Å²) in [6.45, 7) is 0.595. The fourth-order valence-corrected chi connectivity index (χ4v) is 3.05. The van der Waals surface area contributed by atoms with Crippen molar-refractivity contribution in [2.24, 2.45) is 0 Å². The van der Waals surface area contributed by atoms with Crippen LogP contribution in [-0.2, 0) is 13.1 Å². The zero-order chi connectivity index (χ0) is 19.3. The third-order valence-corrected chi connectivity index (χ3v) is 4.43. The number of nitrogens with one attached hydrogen (secondary N) is 1. The number of amides is 1. The van der Waals surface area contributed by atoms with E-state index in [-0.39, 0.29) is 17.7 Å². The van der Waals surface area contributed by atoms with Crippen molar-refractivity contribution < 1.29 is 4.79 Å². The molecule has 1 aromatic carbocycles. The van der Waals surface area contributed by atoms with Gasteiger partial charge in [-0.05, 0) is 35.9 Å². The van der Waals surface area contributed by atoms with Crippen molar-refractivity contribution >= 4 is 16.9 Å². The number of carbonyl (C=O) groups excluding carboxylic acids is 1. The summed E-state index contributed by atoms with van der Waals surface area (Å²) in [7, 11) is 0. The normalized spacial score (nSPS) is 10.7. The van der Waals surface area contributed by atoms with Gasteiger partial charge in [-0.15, -0.1) is 0 Å². The summed E-state index contributed by atoms with van der Waals surface area (Å²) >= 11 is 0. The van der Waals surface area contributed by atoms with Gasteiger partial charge in [0.15, 0.2) is 0 Å². The molecule has 0 saturated heterocycles. The molecule has 0 bridgehead atoms. The van der Waals surface area contributed by atoms with Crippen LogP contribution in [0, 0.1) is 0 Å². The largest absolute Gasteiger partial charge is 0.346 e. The highest BCUT2D eigenvalue weighted by Gasteiger charge is 2.16. The van der Waals surface area contributed by atoms with E-state index in [4.69, 9.17) is 0 Å². The summed E-state index contributed by atoms with van der Waals surface area (Å²) in [5.74, 6) is -0.428. The van der Waals surface area contributed by atoms with E-state index in [9.17, 15) is 9.59 Å².